The van der Waals surface area contributed by atoms with Gasteiger partial charge in [-0.05, 0) is 42.8 Å². The molecule has 0 aliphatic heterocycles. The number of hydrogen-bond donors (Lipinski definition) is 2. The quantitative estimate of drug-likeness (QED) is 0.173. The van der Waals surface area contributed by atoms with Crippen molar-refractivity contribution in [3.63, 3.8) is 0 Å². The van der Waals surface area contributed by atoms with Crippen LogP contribution in [-0.2, 0) is 6.18 Å². The third-order valence-electron chi connectivity index (χ3n) is 5.08. The lowest BCUT2D eigenvalue weighted by Gasteiger charge is -2.20. The fourth-order valence-electron chi connectivity index (χ4n) is 3.26. The van der Waals surface area contributed by atoms with Gasteiger partial charge in [-0.25, -0.2) is 4.39 Å². The Morgan fingerprint density at radius 1 is 0.949 bits per heavy atom. The second kappa shape index (κ2) is 12.5. The fraction of sp³-hybridized carbons (Fsp3) is 0.348. The summed E-state index contributed by atoms with van der Waals surface area (Å²) in [5.74, 6) is -5.77. The van der Waals surface area contributed by atoms with Crippen molar-refractivity contribution in [1.82, 2.24) is 10.6 Å². The summed E-state index contributed by atoms with van der Waals surface area (Å²) in [6, 6.07) is 2.86. The highest BCUT2D eigenvalue weighted by atomic mass is 35.5. The second-order valence-corrected chi connectivity index (χ2v) is 9.30. The van der Waals surface area contributed by atoms with E-state index in [2.05, 4.69) is 5.32 Å². The zero-order valence-corrected chi connectivity index (χ0v) is 21.6. The van der Waals surface area contributed by atoms with Crippen molar-refractivity contribution >= 4 is 46.5 Å². The van der Waals surface area contributed by atoms with Gasteiger partial charge in [-0.15, -0.1) is 0 Å². The summed E-state index contributed by atoms with van der Waals surface area (Å²) >= 11 is 17.2. The van der Waals surface area contributed by atoms with Crippen LogP contribution in [0.15, 0.2) is 36.4 Å². The standard InChI is InChI=1S/C23H17Cl3F10N2O/c1-10(37-5-4-21(28,29)30)38-20(39)13-3-2-11(6-15(13)23(34,35)36)18(27)9-14(22(31,32)33)12-7-16(24)19(26)17(25)8-12/h2-3,6-10,14,37H,4-5H2,1H3,(H,38,39)/b18-9-. The number of rotatable bonds is 8. The molecule has 0 saturated carbocycles. The van der Waals surface area contributed by atoms with E-state index < -0.39 is 77.6 Å². The van der Waals surface area contributed by atoms with Gasteiger partial charge in [0.2, 0.25) is 0 Å². The molecule has 16 heteroatoms. The Morgan fingerprint density at radius 2 is 1.51 bits per heavy atom. The molecule has 0 fully saturated rings. The molecule has 216 valence electrons. The van der Waals surface area contributed by atoms with E-state index in [1.165, 1.54) is 6.92 Å². The minimum atomic E-state index is -5.25. The molecule has 3 nitrogen and oxygen atoms in total. The first-order valence-electron chi connectivity index (χ1n) is 10.6. The predicted octanol–water partition coefficient (Wildman–Crippen LogP) is 8.94. The maximum Gasteiger partial charge on any atom is 0.417 e. The third-order valence-corrected chi connectivity index (χ3v) is 6.28. The van der Waals surface area contributed by atoms with Crippen molar-refractivity contribution in [2.24, 2.45) is 0 Å². The van der Waals surface area contributed by atoms with E-state index in [1.807, 2.05) is 5.32 Å². The molecule has 0 heterocycles. The summed E-state index contributed by atoms with van der Waals surface area (Å²) in [4.78, 5) is 12.4. The zero-order chi connectivity index (χ0) is 29.9. The number of amides is 1. The van der Waals surface area contributed by atoms with E-state index in [9.17, 15) is 48.7 Å². The van der Waals surface area contributed by atoms with E-state index in [0.29, 0.717) is 12.1 Å². The minimum absolute atomic E-state index is 0.0117. The molecule has 0 aromatic heterocycles. The summed E-state index contributed by atoms with van der Waals surface area (Å²) < 4.78 is 134. The Morgan fingerprint density at radius 3 is 2.00 bits per heavy atom. The van der Waals surface area contributed by atoms with Crippen molar-refractivity contribution in [3.8, 4) is 0 Å². The van der Waals surface area contributed by atoms with Crippen LogP contribution in [0.5, 0.6) is 0 Å². The van der Waals surface area contributed by atoms with Crippen LogP contribution in [0.3, 0.4) is 0 Å². The molecule has 0 spiro atoms. The first-order chi connectivity index (χ1) is 17.7. The van der Waals surface area contributed by atoms with Crippen molar-refractivity contribution in [2.45, 2.75) is 44.0 Å². The molecule has 2 aromatic carbocycles. The lowest BCUT2D eigenvalue weighted by atomic mass is 9.95. The minimum Gasteiger partial charge on any atom is -0.337 e. The molecule has 2 N–H and O–H groups in total. The Kier molecular flexibility index (Phi) is 10.6. The molecule has 39 heavy (non-hydrogen) atoms. The highest BCUT2D eigenvalue weighted by molar-refractivity contribution is 6.48. The van der Waals surface area contributed by atoms with Crippen molar-refractivity contribution in [2.75, 3.05) is 6.54 Å². The summed E-state index contributed by atoms with van der Waals surface area (Å²) in [7, 11) is 0. The smallest absolute Gasteiger partial charge is 0.337 e. The Labute approximate surface area is 230 Å². The molecule has 0 bridgehead atoms. The number of carbonyl (C=O) groups excluding carboxylic acids is 1. The zero-order valence-electron chi connectivity index (χ0n) is 19.4. The van der Waals surface area contributed by atoms with Crippen molar-refractivity contribution < 1.29 is 48.7 Å². The number of alkyl halides is 9. The largest absolute Gasteiger partial charge is 0.417 e. The Bertz CT molecular complexity index is 1200. The van der Waals surface area contributed by atoms with Gasteiger partial charge < -0.3 is 5.32 Å². The van der Waals surface area contributed by atoms with Gasteiger partial charge in [0.1, 0.15) is 11.7 Å². The maximum absolute atomic E-state index is 14.9. The number of allylic oxidation sites excluding steroid dienone is 1. The van der Waals surface area contributed by atoms with Crippen molar-refractivity contribution in [1.29, 1.82) is 0 Å². The highest BCUT2D eigenvalue weighted by Gasteiger charge is 2.41. The van der Waals surface area contributed by atoms with Crippen LogP contribution in [0.2, 0.25) is 15.1 Å². The normalized spacial score (nSPS) is 14.8. The van der Waals surface area contributed by atoms with Gasteiger partial charge in [-0.1, -0.05) is 40.9 Å². The molecule has 0 radical (unpaired) electrons. The summed E-state index contributed by atoms with van der Waals surface area (Å²) in [6.07, 6.45) is -17.3. The van der Waals surface area contributed by atoms with Crippen LogP contribution in [-0.4, -0.2) is 31.0 Å². The first kappa shape index (κ1) is 33.0. The summed E-state index contributed by atoms with van der Waals surface area (Å²) in [5.41, 5.74) is -4.30. The van der Waals surface area contributed by atoms with Gasteiger partial charge in [-0.2, -0.15) is 39.5 Å². The average molecular weight is 634 g/mol. The topological polar surface area (TPSA) is 41.1 Å². The van der Waals surface area contributed by atoms with Crippen LogP contribution in [0, 0.1) is 0 Å². The van der Waals surface area contributed by atoms with Gasteiger partial charge in [0.05, 0.1) is 38.8 Å². The molecule has 0 saturated heterocycles. The molecule has 2 atom stereocenters. The Balaban J connectivity index is 2.42. The van der Waals surface area contributed by atoms with Gasteiger partial charge in [0.15, 0.2) is 0 Å². The van der Waals surface area contributed by atoms with Gasteiger partial charge >= 0.3 is 18.5 Å². The molecular weight excluding hydrogens is 617 g/mol. The molecule has 2 aromatic rings. The van der Waals surface area contributed by atoms with Gasteiger partial charge in [0, 0.05) is 12.1 Å². The summed E-state index contributed by atoms with van der Waals surface area (Å²) in [5, 5.41) is 3.26. The SMILES string of the molecule is CC(NCCC(F)(F)F)NC(=O)c1ccc(/C(F)=C/C(c2cc(Cl)c(Cl)c(Cl)c2)C(F)(F)F)cc1C(F)(F)F. The lowest BCUT2D eigenvalue weighted by molar-refractivity contribution is -0.140. The Hall–Kier alpha value is -2.22. The van der Waals surface area contributed by atoms with E-state index >= 15 is 0 Å². The van der Waals surface area contributed by atoms with E-state index in [1.54, 1.807) is 0 Å². The van der Waals surface area contributed by atoms with Crippen LogP contribution in [0.25, 0.3) is 5.83 Å². The summed E-state index contributed by atoms with van der Waals surface area (Å²) in [6.45, 7) is 0.529. The number of hydrogen-bond acceptors (Lipinski definition) is 2. The van der Waals surface area contributed by atoms with Crippen molar-refractivity contribution in [3.05, 3.63) is 73.7 Å². The van der Waals surface area contributed by atoms with Gasteiger partial charge in [-0.3, -0.25) is 10.1 Å². The van der Waals surface area contributed by atoms with Gasteiger partial charge in [0.25, 0.3) is 5.91 Å². The molecular formula is C23H17Cl3F10N2O. The first-order valence-corrected chi connectivity index (χ1v) is 11.7. The molecule has 2 rings (SSSR count). The molecule has 0 aliphatic carbocycles. The molecule has 0 aliphatic rings. The van der Waals surface area contributed by atoms with Crippen LogP contribution in [0.1, 0.15) is 46.3 Å². The van der Waals surface area contributed by atoms with E-state index in [0.717, 1.165) is 12.1 Å². The highest BCUT2D eigenvalue weighted by Crippen LogP contribution is 2.42. The second-order valence-electron chi connectivity index (χ2n) is 8.10. The monoisotopic (exact) mass is 632 g/mol. The lowest BCUT2D eigenvalue weighted by Crippen LogP contribution is -2.44. The fourth-order valence-corrected chi connectivity index (χ4v) is 3.87. The number of benzene rings is 2. The molecule has 1 amide bonds. The number of nitrogens with one attached hydrogen (secondary N) is 2. The predicted molar refractivity (Wildman–Crippen MR) is 126 cm³/mol. The maximum atomic E-state index is 14.9. The third kappa shape index (κ3) is 9.44. The van der Waals surface area contributed by atoms with Crippen LogP contribution in [0.4, 0.5) is 43.9 Å². The number of carbonyl (C=O) groups is 1. The molecule has 2 unspecified atom stereocenters. The average Bonchev–Trinajstić information content (AvgIpc) is 2.77. The van der Waals surface area contributed by atoms with E-state index in [-0.39, 0.29) is 27.2 Å². The van der Waals surface area contributed by atoms with Crippen LogP contribution < -0.4 is 10.6 Å². The van der Waals surface area contributed by atoms with E-state index in [4.69, 9.17) is 34.8 Å². The van der Waals surface area contributed by atoms with Crippen LogP contribution >= 0.6 is 34.8 Å². The number of halogens is 13.